The van der Waals surface area contributed by atoms with Crippen LogP contribution in [0, 0.1) is 13.8 Å². The van der Waals surface area contributed by atoms with Crippen LogP contribution in [0.15, 0.2) is 18.2 Å². The van der Waals surface area contributed by atoms with Crippen molar-refractivity contribution < 1.29 is 19.1 Å². The predicted molar refractivity (Wildman–Crippen MR) is 127 cm³/mol. The number of ether oxygens (including phenoxy) is 1. The quantitative estimate of drug-likeness (QED) is 0.618. The van der Waals surface area contributed by atoms with Gasteiger partial charge >= 0.3 is 6.09 Å². The second-order valence-corrected chi connectivity index (χ2v) is 9.74. The van der Waals surface area contributed by atoms with E-state index >= 15 is 0 Å². The molecule has 1 aromatic carbocycles. The number of hydrogen-bond acceptors (Lipinski definition) is 4. The number of rotatable bonds is 8. The van der Waals surface area contributed by atoms with E-state index in [1.165, 1.54) is 0 Å². The fourth-order valence-electron chi connectivity index (χ4n) is 3.58. The number of hydrogen-bond donors (Lipinski definition) is 2. The zero-order valence-corrected chi connectivity index (χ0v) is 21.3. The first-order valence-electron chi connectivity index (χ1n) is 11.4. The van der Waals surface area contributed by atoms with Gasteiger partial charge in [-0.3, -0.25) is 9.59 Å². The van der Waals surface area contributed by atoms with Gasteiger partial charge in [0.1, 0.15) is 17.7 Å². The number of benzene rings is 1. The molecule has 1 rings (SSSR count). The van der Waals surface area contributed by atoms with Gasteiger partial charge in [-0.1, -0.05) is 25.1 Å². The molecule has 0 radical (unpaired) electrons. The molecule has 2 N–H and O–H groups in total. The van der Waals surface area contributed by atoms with Crippen LogP contribution in [-0.2, 0) is 14.3 Å². The fourth-order valence-corrected chi connectivity index (χ4v) is 3.58. The number of nitrogens with one attached hydrogen (secondary N) is 2. The number of alkyl carbamates (subject to hydrolysis) is 1. The van der Waals surface area contributed by atoms with Crippen molar-refractivity contribution in [1.29, 1.82) is 0 Å². The maximum Gasteiger partial charge on any atom is 0.408 e. The van der Waals surface area contributed by atoms with Gasteiger partial charge in [-0.25, -0.2) is 4.79 Å². The molecule has 0 heterocycles. The van der Waals surface area contributed by atoms with E-state index < -0.39 is 23.8 Å². The highest BCUT2D eigenvalue weighted by Crippen LogP contribution is 2.31. The molecule has 0 fully saturated rings. The minimum Gasteiger partial charge on any atom is -0.444 e. The molecule has 180 valence electrons. The summed E-state index contributed by atoms with van der Waals surface area (Å²) < 4.78 is 5.31. The zero-order chi connectivity index (χ0) is 24.8. The number of carbonyl (C=O) groups excluding carboxylic acids is 3. The van der Waals surface area contributed by atoms with Gasteiger partial charge in [0.25, 0.3) is 0 Å². The summed E-state index contributed by atoms with van der Waals surface area (Å²) >= 11 is 0. The molecule has 1 aromatic rings. The maximum atomic E-state index is 13.6. The van der Waals surface area contributed by atoms with Crippen LogP contribution in [0.1, 0.15) is 84.5 Å². The van der Waals surface area contributed by atoms with Gasteiger partial charge in [0.2, 0.25) is 11.8 Å². The Morgan fingerprint density at radius 2 is 1.53 bits per heavy atom. The van der Waals surface area contributed by atoms with Crippen LogP contribution < -0.4 is 10.6 Å². The first-order chi connectivity index (χ1) is 14.7. The molecule has 7 nitrogen and oxygen atoms in total. The first kappa shape index (κ1) is 27.5. The first-order valence-corrected chi connectivity index (χ1v) is 11.4. The average Bonchev–Trinajstić information content (AvgIpc) is 2.63. The van der Waals surface area contributed by atoms with Crippen LogP contribution in [0.4, 0.5) is 4.79 Å². The third kappa shape index (κ3) is 7.53. The second kappa shape index (κ2) is 11.3. The molecule has 0 saturated carbocycles. The highest BCUT2D eigenvalue weighted by atomic mass is 16.6. The largest absolute Gasteiger partial charge is 0.444 e. The molecule has 0 saturated heterocycles. The topological polar surface area (TPSA) is 87.7 Å². The summed E-state index contributed by atoms with van der Waals surface area (Å²) in [7, 11) is 0. The van der Waals surface area contributed by atoms with Gasteiger partial charge in [0.15, 0.2) is 0 Å². The highest BCUT2D eigenvalue weighted by molar-refractivity contribution is 5.92. The van der Waals surface area contributed by atoms with Crippen LogP contribution >= 0.6 is 0 Å². The number of amides is 3. The Morgan fingerprint density at radius 1 is 1.00 bits per heavy atom. The highest BCUT2D eigenvalue weighted by Gasteiger charge is 2.38. The van der Waals surface area contributed by atoms with E-state index in [-0.39, 0.29) is 23.9 Å². The Bertz CT molecular complexity index is 794. The Balaban J connectivity index is 3.45. The van der Waals surface area contributed by atoms with Gasteiger partial charge in [0, 0.05) is 12.1 Å². The van der Waals surface area contributed by atoms with Crippen molar-refractivity contribution in [2.24, 2.45) is 0 Å². The van der Waals surface area contributed by atoms with Crippen molar-refractivity contribution in [3.05, 3.63) is 34.9 Å². The van der Waals surface area contributed by atoms with Crippen molar-refractivity contribution in [3.8, 4) is 0 Å². The number of aryl methyl sites for hydroxylation is 2. The molecule has 3 unspecified atom stereocenters. The molecule has 3 atom stereocenters. The smallest absolute Gasteiger partial charge is 0.408 e. The minimum atomic E-state index is -0.863. The van der Waals surface area contributed by atoms with Crippen molar-refractivity contribution in [3.63, 3.8) is 0 Å². The normalized spacial score (nSPS) is 14.3. The van der Waals surface area contributed by atoms with Crippen molar-refractivity contribution >= 4 is 17.9 Å². The van der Waals surface area contributed by atoms with Crippen LogP contribution in [0.3, 0.4) is 0 Å². The van der Waals surface area contributed by atoms with E-state index in [4.69, 9.17) is 4.74 Å². The summed E-state index contributed by atoms with van der Waals surface area (Å²) in [5.74, 6) is -0.577. The van der Waals surface area contributed by atoms with E-state index in [0.29, 0.717) is 6.42 Å². The molecule has 0 aliphatic heterocycles. The average molecular weight is 448 g/mol. The molecule has 32 heavy (non-hydrogen) atoms. The molecule has 7 heteroatoms. The van der Waals surface area contributed by atoms with Gasteiger partial charge < -0.3 is 20.3 Å². The lowest BCUT2D eigenvalue weighted by Crippen LogP contribution is -2.55. The van der Waals surface area contributed by atoms with E-state index in [2.05, 4.69) is 10.6 Å². The Kier molecular flexibility index (Phi) is 9.73. The lowest BCUT2D eigenvalue weighted by molar-refractivity contribution is -0.145. The van der Waals surface area contributed by atoms with E-state index in [0.717, 1.165) is 16.7 Å². The number of carbonyl (C=O) groups is 3. The van der Waals surface area contributed by atoms with Gasteiger partial charge in [-0.15, -0.1) is 0 Å². The predicted octanol–water partition coefficient (Wildman–Crippen LogP) is 4.41. The van der Waals surface area contributed by atoms with Gasteiger partial charge in [-0.05, 0) is 85.4 Å². The van der Waals surface area contributed by atoms with Crippen LogP contribution in [0.25, 0.3) is 0 Å². The molecular formula is C25H41N3O4. The monoisotopic (exact) mass is 447 g/mol. The van der Waals surface area contributed by atoms with Gasteiger partial charge in [0.05, 0.1) is 0 Å². The number of nitrogens with zero attached hydrogens (tertiary/aromatic N) is 1. The summed E-state index contributed by atoms with van der Waals surface area (Å²) in [4.78, 5) is 41.0. The molecule has 0 aliphatic rings. The Morgan fingerprint density at radius 3 is 1.97 bits per heavy atom. The van der Waals surface area contributed by atoms with Crippen LogP contribution in [0.5, 0.6) is 0 Å². The molecule has 0 spiro atoms. The summed E-state index contributed by atoms with van der Waals surface area (Å²) in [6.45, 7) is 18.5. The second-order valence-electron chi connectivity index (χ2n) is 9.74. The molecule has 3 amide bonds. The third-order valence-corrected chi connectivity index (χ3v) is 5.20. The van der Waals surface area contributed by atoms with E-state index in [9.17, 15) is 14.4 Å². The van der Waals surface area contributed by atoms with Crippen molar-refractivity contribution in [2.75, 3.05) is 0 Å². The molecular weight excluding hydrogens is 406 g/mol. The minimum absolute atomic E-state index is 0.0829. The van der Waals surface area contributed by atoms with E-state index in [1.54, 1.807) is 32.6 Å². The maximum absolute atomic E-state index is 13.6. The lowest BCUT2D eigenvalue weighted by Gasteiger charge is -2.39. The standard InChI is InChI=1S/C25H41N3O4/c1-11-18(6)28(23(30)19(7)27-24(31)32-25(8,9)10)21(22(29)26-15(2)3)20-16(4)13-12-14-17(20)5/h12-15,18-19,21H,11H2,1-10H3,(H,26,29)(H,27,31). The Labute approximate surface area is 193 Å². The zero-order valence-electron chi connectivity index (χ0n) is 21.3. The van der Waals surface area contributed by atoms with Crippen molar-refractivity contribution in [2.45, 2.75) is 105 Å². The van der Waals surface area contributed by atoms with Crippen LogP contribution in [0.2, 0.25) is 0 Å². The SMILES string of the molecule is CCC(C)N(C(=O)C(C)NC(=O)OC(C)(C)C)C(C(=O)NC(C)C)c1c(C)cccc1C. The molecule has 0 aromatic heterocycles. The summed E-state index contributed by atoms with van der Waals surface area (Å²) in [5, 5.41) is 5.60. The lowest BCUT2D eigenvalue weighted by atomic mass is 9.92. The van der Waals surface area contributed by atoms with Gasteiger partial charge in [-0.2, -0.15) is 0 Å². The Hall–Kier alpha value is -2.57. The fraction of sp³-hybridized carbons (Fsp3) is 0.640. The summed E-state index contributed by atoms with van der Waals surface area (Å²) in [6, 6.07) is 3.83. The van der Waals surface area contributed by atoms with Crippen LogP contribution in [-0.4, -0.2) is 46.5 Å². The summed E-state index contributed by atoms with van der Waals surface area (Å²) in [6.07, 6.45) is -0.0147. The molecule has 0 bridgehead atoms. The molecule has 0 aliphatic carbocycles. The van der Waals surface area contributed by atoms with E-state index in [1.807, 2.05) is 59.7 Å². The van der Waals surface area contributed by atoms with Crippen molar-refractivity contribution in [1.82, 2.24) is 15.5 Å². The summed E-state index contributed by atoms with van der Waals surface area (Å²) in [5.41, 5.74) is 2.00. The third-order valence-electron chi connectivity index (χ3n) is 5.20.